The summed E-state index contributed by atoms with van der Waals surface area (Å²) in [6.45, 7) is 5.30. The summed E-state index contributed by atoms with van der Waals surface area (Å²) in [7, 11) is 0. The van der Waals surface area contributed by atoms with Crippen molar-refractivity contribution in [1.82, 2.24) is 0 Å². The predicted molar refractivity (Wildman–Crippen MR) is 70.0 cm³/mol. The van der Waals surface area contributed by atoms with Crippen LogP contribution in [0.5, 0.6) is 0 Å². The normalized spacial score (nSPS) is 20.6. The number of ketones is 1. The second-order valence-electron chi connectivity index (χ2n) is 4.97. The molecule has 1 saturated heterocycles. The van der Waals surface area contributed by atoms with Crippen molar-refractivity contribution in [2.75, 3.05) is 18.1 Å². The van der Waals surface area contributed by atoms with Crippen molar-refractivity contribution in [3.63, 3.8) is 0 Å². The number of thioether (sulfide) groups is 1. The fraction of sp³-hybridized carbons (Fsp3) is 0.923. The molecule has 0 aromatic carbocycles. The number of Topliss-reactive ketones (excluding diaryl/α,β-unsaturated/α-hetero) is 1. The second-order valence-corrected chi connectivity index (χ2v) is 6.01. The molecule has 1 aliphatic rings. The van der Waals surface area contributed by atoms with Crippen LogP contribution in [-0.4, -0.2) is 30.0 Å². The highest BCUT2D eigenvalue weighted by molar-refractivity contribution is 7.99. The van der Waals surface area contributed by atoms with Crippen LogP contribution < -0.4 is 0 Å². The quantitative estimate of drug-likeness (QED) is 0.655. The lowest BCUT2D eigenvalue weighted by atomic mass is 10.1. The third-order valence-corrected chi connectivity index (χ3v) is 4.15. The standard InChI is InChI=1S/C13H24O2S/c1-11(2)9-16-10-12(14)5-3-6-13-7-4-8-15-13/h11,13H,3-10H2,1-2H3. The molecule has 0 bridgehead atoms. The molecule has 2 nitrogen and oxygen atoms in total. The van der Waals surface area contributed by atoms with E-state index in [4.69, 9.17) is 4.74 Å². The highest BCUT2D eigenvalue weighted by Crippen LogP contribution is 2.18. The molecule has 94 valence electrons. The summed E-state index contributed by atoms with van der Waals surface area (Å²) in [5.41, 5.74) is 0. The summed E-state index contributed by atoms with van der Waals surface area (Å²) in [5, 5.41) is 0. The summed E-state index contributed by atoms with van der Waals surface area (Å²) < 4.78 is 5.53. The average Bonchev–Trinajstić information content (AvgIpc) is 2.70. The molecule has 0 N–H and O–H groups in total. The molecule has 0 aromatic rings. The van der Waals surface area contributed by atoms with Crippen molar-refractivity contribution in [1.29, 1.82) is 0 Å². The van der Waals surface area contributed by atoms with E-state index >= 15 is 0 Å². The molecule has 0 saturated carbocycles. The van der Waals surface area contributed by atoms with Crippen LogP contribution in [0.3, 0.4) is 0 Å². The topological polar surface area (TPSA) is 26.3 Å². The molecule has 0 aliphatic carbocycles. The van der Waals surface area contributed by atoms with Gasteiger partial charge >= 0.3 is 0 Å². The average molecular weight is 244 g/mol. The molecular formula is C13H24O2S. The first-order chi connectivity index (χ1) is 7.68. The Bertz CT molecular complexity index is 198. The van der Waals surface area contributed by atoms with E-state index < -0.39 is 0 Å². The van der Waals surface area contributed by atoms with Crippen molar-refractivity contribution in [3.8, 4) is 0 Å². The van der Waals surface area contributed by atoms with E-state index in [1.54, 1.807) is 11.8 Å². The van der Waals surface area contributed by atoms with Crippen LogP contribution in [0.4, 0.5) is 0 Å². The van der Waals surface area contributed by atoms with Gasteiger partial charge in [-0.05, 0) is 37.4 Å². The summed E-state index contributed by atoms with van der Waals surface area (Å²) in [6.07, 6.45) is 5.65. The van der Waals surface area contributed by atoms with E-state index in [2.05, 4.69) is 13.8 Å². The smallest absolute Gasteiger partial charge is 0.142 e. The molecule has 1 unspecified atom stereocenters. The van der Waals surface area contributed by atoms with Gasteiger partial charge < -0.3 is 4.74 Å². The summed E-state index contributed by atoms with van der Waals surface area (Å²) in [6, 6.07) is 0. The minimum absolute atomic E-state index is 0.406. The number of carbonyl (C=O) groups is 1. The lowest BCUT2D eigenvalue weighted by molar-refractivity contribution is -0.116. The largest absolute Gasteiger partial charge is 0.378 e. The molecular weight excluding hydrogens is 220 g/mol. The molecule has 3 heteroatoms. The Labute approximate surface area is 104 Å². The number of rotatable bonds is 8. The van der Waals surface area contributed by atoms with Gasteiger partial charge in [-0.3, -0.25) is 4.79 Å². The SMILES string of the molecule is CC(C)CSCC(=O)CCCC1CCCO1. The van der Waals surface area contributed by atoms with Gasteiger partial charge in [-0.25, -0.2) is 0 Å². The van der Waals surface area contributed by atoms with Crippen molar-refractivity contribution < 1.29 is 9.53 Å². The molecule has 1 fully saturated rings. The monoisotopic (exact) mass is 244 g/mol. The van der Waals surface area contributed by atoms with Gasteiger partial charge in [0.1, 0.15) is 5.78 Å². The van der Waals surface area contributed by atoms with Gasteiger partial charge in [-0.15, -0.1) is 0 Å². The zero-order chi connectivity index (χ0) is 11.8. The number of hydrogen-bond donors (Lipinski definition) is 0. The Hall–Kier alpha value is -0.0200. The second kappa shape index (κ2) is 8.13. The van der Waals surface area contributed by atoms with E-state index in [1.807, 2.05) is 0 Å². The Kier molecular flexibility index (Phi) is 7.13. The summed E-state index contributed by atoms with van der Waals surface area (Å²) >= 11 is 1.77. The van der Waals surface area contributed by atoms with Gasteiger partial charge in [-0.1, -0.05) is 13.8 Å². The number of ether oxygens (including phenoxy) is 1. The first-order valence-electron chi connectivity index (χ1n) is 6.39. The molecule has 0 spiro atoms. The molecule has 0 aromatic heterocycles. The molecule has 1 rings (SSSR count). The van der Waals surface area contributed by atoms with E-state index in [0.29, 0.717) is 23.6 Å². The maximum atomic E-state index is 11.5. The van der Waals surface area contributed by atoms with Crippen LogP contribution in [0.2, 0.25) is 0 Å². The first kappa shape index (κ1) is 14.0. The van der Waals surface area contributed by atoms with Crippen LogP contribution >= 0.6 is 11.8 Å². The molecule has 1 aliphatic heterocycles. The van der Waals surface area contributed by atoms with Gasteiger partial charge in [0, 0.05) is 13.0 Å². The van der Waals surface area contributed by atoms with Gasteiger partial charge in [0.05, 0.1) is 11.9 Å². The van der Waals surface area contributed by atoms with Crippen LogP contribution in [-0.2, 0) is 9.53 Å². The van der Waals surface area contributed by atoms with E-state index in [9.17, 15) is 4.79 Å². The number of carbonyl (C=O) groups excluding carboxylic acids is 1. The zero-order valence-electron chi connectivity index (χ0n) is 10.5. The highest BCUT2D eigenvalue weighted by Gasteiger charge is 2.15. The molecule has 1 atom stereocenters. The lowest BCUT2D eigenvalue weighted by Gasteiger charge is -2.08. The maximum Gasteiger partial charge on any atom is 0.142 e. The van der Waals surface area contributed by atoms with Gasteiger partial charge in [0.2, 0.25) is 0 Å². The molecule has 0 radical (unpaired) electrons. The van der Waals surface area contributed by atoms with Crippen molar-refractivity contribution in [2.45, 2.75) is 52.1 Å². The third kappa shape index (κ3) is 6.54. The summed E-state index contributed by atoms with van der Waals surface area (Å²) in [5.74, 6) is 2.88. The fourth-order valence-electron chi connectivity index (χ4n) is 1.88. The maximum absolute atomic E-state index is 11.5. The van der Waals surface area contributed by atoms with Crippen LogP contribution in [0.25, 0.3) is 0 Å². The van der Waals surface area contributed by atoms with Crippen LogP contribution in [0, 0.1) is 5.92 Å². The molecule has 16 heavy (non-hydrogen) atoms. The summed E-state index contributed by atoms with van der Waals surface area (Å²) in [4.78, 5) is 11.5. The van der Waals surface area contributed by atoms with E-state index in [0.717, 1.165) is 31.6 Å². The minimum atomic E-state index is 0.406. The van der Waals surface area contributed by atoms with Crippen molar-refractivity contribution in [3.05, 3.63) is 0 Å². The Morgan fingerprint density at radius 2 is 2.31 bits per heavy atom. The van der Waals surface area contributed by atoms with Crippen LogP contribution in [0.15, 0.2) is 0 Å². The zero-order valence-corrected chi connectivity index (χ0v) is 11.4. The van der Waals surface area contributed by atoms with Gasteiger partial charge in [0.15, 0.2) is 0 Å². The first-order valence-corrected chi connectivity index (χ1v) is 7.55. The third-order valence-electron chi connectivity index (χ3n) is 2.72. The molecule has 0 amide bonds. The minimum Gasteiger partial charge on any atom is -0.378 e. The van der Waals surface area contributed by atoms with Gasteiger partial charge in [0.25, 0.3) is 0 Å². The Balaban J connectivity index is 1.93. The van der Waals surface area contributed by atoms with Crippen molar-refractivity contribution >= 4 is 17.5 Å². The molecule has 1 heterocycles. The number of hydrogen-bond acceptors (Lipinski definition) is 3. The highest BCUT2D eigenvalue weighted by atomic mass is 32.2. The van der Waals surface area contributed by atoms with E-state index in [-0.39, 0.29) is 0 Å². The Morgan fingerprint density at radius 1 is 1.50 bits per heavy atom. The lowest BCUT2D eigenvalue weighted by Crippen LogP contribution is -2.08. The van der Waals surface area contributed by atoms with Crippen LogP contribution in [0.1, 0.15) is 46.0 Å². The fourth-order valence-corrected chi connectivity index (χ4v) is 2.84. The Morgan fingerprint density at radius 3 is 2.94 bits per heavy atom. The van der Waals surface area contributed by atoms with Gasteiger partial charge in [-0.2, -0.15) is 11.8 Å². The van der Waals surface area contributed by atoms with E-state index in [1.165, 1.54) is 12.8 Å². The van der Waals surface area contributed by atoms with Crippen molar-refractivity contribution in [2.24, 2.45) is 5.92 Å². The predicted octanol–water partition coefficient (Wildman–Crippen LogP) is 3.29.